The predicted octanol–water partition coefficient (Wildman–Crippen LogP) is 3.85. The van der Waals surface area contributed by atoms with E-state index in [4.69, 9.17) is 18.9 Å². The highest BCUT2D eigenvalue weighted by atomic mass is 16.5. The highest BCUT2D eigenvalue weighted by Crippen LogP contribution is 2.30. The fourth-order valence-electron chi connectivity index (χ4n) is 5.64. The van der Waals surface area contributed by atoms with Crippen molar-refractivity contribution >= 4 is 11.8 Å². The lowest BCUT2D eigenvalue weighted by Gasteiger charge is -2.35. The van der Waals surface area contributed by atoms with Crippen LogP contribution in [0, 0.1) is 17.8 Å². The van der Waals surface area contributed by atoms with Crippen molar-refractivity contribution in [1.29, 1.82) is 0 Å². The molecular weight excluding hydrogens is 510 g/mol. The first-order valence-corrected chi connectivity index (χ1v) is 14.9. The van der Waals surface area contributed by atoms with Crippen LogP contribution in [0.3, 0.4) is 0 Å². The van der Waals surface area contributed by atoms with Gasteiger partial charge in [0.15, 0.2) is 11.5 Å². The van der Waals surface area contributed by atoms with Crippen LogP contribution in [0.2, 0.25) is 0 Å². The Morgan fingerprint density at radius 2 is 1.60 bits per heavy atom. The second kappa shape index (κ2) is 16.2. The molecule has 1 N–H and O–H groups in total. The summed E-state index contributed by atoms with van der Waals surface area (Å²) in [6.07, 6.45) is 3.26. The Labute approximate surface area is 240 Å². The van der Waals surface area contributed by atoms with Gasteiger partial charge in [0.1, 0.15) is 0 Å². The lowest BCUT2D eigenvalue weighted by atomic mass is 9.92. The first kappa shape index (κ1) is 32.2. The van der Waals surface area contributed by atoms with Crippen LogP contribution in [0.4, 0.5) is 0 Å². The van der Waals surface area contributed by atoms with Crippen LogP contribution >= 0.6 is 0 Å². The molecule has 0 spiro atoms. The summed E-state index contributed by atoms with van der Waals surface area (Å²) >= 11 is 0. The number of carbonyl (C=O) groups excluding carboxylic acids is 2. The van der Waals surface area contributed by atoms with Crippen LogP contribution in [0.5, 0.6) is 11.5 Å². The van der Waals surface area contributed by atoms with E-state index in [1.165, 1.54) is 0 Å². The third-order valence-electron chi connectivity index (χ3n) is 8.14. The minimum atomic E-state index is -0.0265. The minimum Gasteiger partial charge on any atom is -0.493 e. The standard InChI is InChI=1S/C31H51N3O6/c1-22(2)33(30(35)16-24-10-14-39-15-11-24)20-26-18-32-19-27(26)21-34(23(3)4)31(36)25-8-9-28(38-6)29(17-25)40-13-7-12-37-5/h8-9,17,22-24,26-27,32H,7,10-16,18-21H2,1-6H3/t26-,27-/m0/s1. The zero-order valence-electron chi connectivity index (χ0n) is 25.4. The number of carbonyl (C=O) groups is 2. The van der Waals surface area contributed by atoms with E-state index in [0.29, 0.717) is 55.7 Å². The van der Waals surface area contributed by atoms with Gasteiger partial charge in [0.05, 0.1) is 13.7 Å². The Balaban J connectivity index is 1.68. The van der Waals surface area contributed by atoms with E-state index in [-0.39, 0.29) is 35.7 Å². The smallest absolute Gasteiger partial charge is 0.254 e. The maximum Gasteiger partial charge on any atom is 0.254 e. The fourth-order valence-corrected chi connectivity index (χ4v) is 5.64. The van der Waals surface area contributed by atoms with Gasteiger partial charge < -0.3 is 34.1 Å². The number of nitrogens with zero attached hydrogens (tertiary/aromatic N) is 2. The predicted molar refractivity (Wildman–Crippen MR) is 156 cm³/mol. The number of ether oxygens (including phenoxy) is 4. The van der Waals surface area contributed by atoms with Gasteiger partial charge in [0.25, 0.3) is 5.91 Å². The molecule has 9 nitrogen and oxygen atoms in total. The number of methoxy groups -OCH3 is 2. The molecule has 9 heteroatoms. The summed E-state index contributed by atoms with van der Waals surface area (Å²) in [5, 5.41) is 3.53. The molecule has 3 rings (SSSR count). The monoisotopic (exact) mass is 561 g/mol. The minimum absolute atomic E-state index is 0.0262. The molecule has 2 fully saturated rings. The first-order chi connectivity index (χ1) is 19.2. The van der Waals surface area contributed by atoms with Crippen LogP contribution in [-0.2, 0) is 14.3 Å². The van der Waals surface area contributed by atoms with E-state index < -0.39 is 0 Å². The molecule has 0 radical (unpaired) electrons. The van der Waals surface area contributed by atoms with Gasteiger partial charge in [-0.25, -0.2) is 0 Å². The maximum absolute atomic E-state index is 13.8. The molecule has 0 bridgehead atoms. The van der Waals surface area contributed by atoms with Crippen molar-refractivity contribution in [2.75, 3.05) is 66.8 Å². The van der Waals surface area contributed by atoms with E-state index in [1.807, 2.05) is 4.90 Å². The molecule has 2 aliphatic rings. The number of hydrogen-bond acceptors (Lipinski definition) is 7. The summed E-state index contributed by atoms with van der Waals surface area (Å²) in [6.45, 7) is 13.9. The molecule has 0 unspecified atom stereocenters. The normalized spacial score (nSPS) is 19.7. The molecule has 0 aliphatic carbocycles. The zero-order valence-corrected chi connectivity index (χ0v) is 25.4. The Hall–Kier alpha value is -2.36. The van der Waals surface area contributed by atoms with Gasteiger partial charge in [-0.3, -0.25) is 9.59 Å². The molecule has 2 atom stereocenters. The molecule has 2 heterocycles. The molecule has 2 aliphatic heterocycles. The molecule has 0 aromatic heterocycles. The summed E-state index contributed by atoms with van der Waals surface area (Å²) in [7, 11) is 3.26. The van der Waals surface area contributed by atoms with Crippen molar-refractivity contribution in [2.45, 2.75) is 65.5 Å². The van der Waals surface area contributed by atoms with E-state index in [1.54, 1.807) is 32.4 Å². The lowest BCUT2D eigenvalue weighted by Crippen LogP contribution is -2.46. The van der Waals surface area contributed by atoms with Crippen molar-refractivity contribution < 1.29 is 28.5 Å². The molecule has 1 aromatic carbocycles. The SMILES string of the molecule is COCCCOc1cc(C(=O)N(C[C@@H]2CNC[C@H]2CN(C(=O)CC2CCOCC2)C(C)C)C(C)C)ccc1OC. The van der Waals surface area contributed by atoms with Gasteiger partial charge in [-0.15, -0.1) is 0 Å². The van der Waals surface area contributed by atoms with Gasteiger partial charge in [0.2, 0.25) is 5.91 Å². The van der Waals surface area contributed by atoms with E-state index >= 15 is 0 Å². The highest BCUT2D eigenvalue weighted by Gasteiger charge is 2.35. The maximum atomic E-state index is 13.8. The van der Waals surface area contributed by atoms with Gasteiger partial charge in [0, 0.05) is 83.6 Å². The van der Waals surface area contributed by atoms with Crippen molar-refractivity contribution in [3.8, 4) is 11.5 Å². The number of nitrogens with one attached hydrogen (secondary N) is 1. The Kier molecular flexibility index (Phi) is 13.0. The lowest BCUT2D eigenvalue weighted by molar-refractivity contribution is -0.135. The van der Waals surface area contributed by atoms with Crippen molar-refractivity contribution in [2.24, 2.45) is 17.8 Å². The van der Waals surface area contributed by atoms with E-state index in [2.05, 4.69) is 37.9 Å². The first-order valence-electron chi connectivity index (χ1n) is 14.9. The van der Waals surface area contributed by atoms with E-state index in [9.17, 15) is 9.59 Å². The van der Waals surface area contributed by atoms with Crippen LogP contribution in [0.25, 0.3) is 0 Å². The fraction of sp³-hybridized carbons (Fsp3) is 0.742. The second-order valence-electron chi connectivity index (χ2n) is 11.7. The number of amides is 2. The van der Waals surface area contributed by atoms with Gasteiger partial charge in [-0.1, -0.05) is 0 Å². The Morgan fingerprint density at radius 3 is 2.20 bits per heavy atom. The molecule has 2 amide bonds. The average Bonchev–Trinajstić information content (AvgIpc) is 3.39. The molecule has 0 saturated carbocycles. The quantitative estimate of drug-likeness (QED) is 0.326. The van der Waals surface area contributed by atoms with Crippen molar-refractivity contribution in [3.05, 3.63) is 23.8 Å². The summed E-state index contributed by atoms with van der Waals surface area (Å²) in [6, 6.07) is 5.54. The molecule has 2 saturated heterocycles. The molecular formula is C31H51N3O6. The Morgan fingerprint density at radius 1 is 0.950 bits per heavy atom. The van der Waals surface area contributed by atoms with Crippen LogP contribution in [0.15, 0.2) is 18.2 Å². The van der Waals surface area contributed by atoms with Crippen molar-refractivity contribution in [1.82, 2.24) is 15.1 Å². The largest absolute Gasteiger partial charge is 0.493 e. The summed E-state index contributed by atoms with van der Waals surface area (Å²) in [5.41, 5.74) is 0.578. The summed E-state index contributed by atoms with van der Waals surface area (Å²) in [4.78, 5) is 31.1. The van der Waals surface area contributed by atoms with Crippen LogP contribution in [0.1, 0.15) is 63.7 Å². The van der Waals surface area contributed by atoms with E-state index in [0.717, 1.165) is 45.6 Å². The molecule has 40 heavy (non-hydrogen) atoms. The number of benzene rings is 1. The summed E-state index contributed by atoms with van der Waals surface area (Å²) in [5.74, 6) is 2.32. The third-order valence-corrected chi connectivity index (χ3v) is 8.14. The highest BCUT2D eigenvalue weighted by molar-refractivity contribution is 5.95. The van der Waals surface area contributed by atoms with Crippen molar-refractivity contribution in [3.63, 3.8) is 0 Å². The topological polar surface area (TPSA) is 89.6 Å². The molecule has 226 valence electrons. The van der Waals surface area contributed by atoms with Crippen LogP contribution in [-0.4, -0.2) is 101 Å². The molecule has 1 aromatic rings. The zero-order chi connectivity index (χ0) is 29.1. The number of hydrogen-bond donors (Lipinski definition) is 1. The van der Waals surface area contributed by atoms with Crippen LogP contribution < -0.4 is 14.8 Å². The summed E-state index contributed by atoms with van der Waals surface area (Å²) < 4.78 is 22.0. The Bertz CT molecular complexity index is 934. The van der Waals surface area contributed by atoms with Gasteiger partial charge in [-0.05, 0) is 76.5 Å². The third kappa shape index (κ3) is 9.08. The average molecular weight is 562 g/mol. The van der Waals surface area contributed by atoms with Gasteiger partial charge >= 0.3 is 0 Å². The second-order valence-corrected chi connectivity index (χ2v) is 11.7. The number of rotatable bonds is 15. The van der Waals surface area contributed by atoms with Gasteiger partial charge in [-0.2, -0.15) is 0 Å².